The van der Waals surface area contributed by atoms with Gasteiger partial charge in [0.2, 0.25) is 0 Å². The highest BCUT2D eigenvalue weighted by Gasteiger charge is 2.16. The fourth-order valence-electron chi connectivity index (χ4n) is 2.57. The summed E-state index contributed by atoms with van der Waals surface area (Å²) < 4.78 is 11.1. The first-order chi connectivity index (χ1) is 12.1. The summed E-state index contributed by atoms with van der Waals surface area (Å²) in [6.45, 7) is 1.28. The molecule has 130 valence electrons. The lowest BCUT2D eigenvalue weighted by molar-refractivity contribution is -0.384. The van der Waals surface area contributed by atoms with E-state index in [-0.39, 0.29) is 17.7 Å². The molecule has 0 spiro atoms. The first kappa shape index (κ1) is 16.9. The van der Waals surface area contributed by atoms with Crippen molar-refractivity contribution in [2.24, 2.45) is 0 Å². The Balaban J connectivity index is 1.58. The maximum Gasteiger partial charge on any atom is 0.271 e. The summed E-state index contributed by atoms with van der Waals surface area (Å²) >= 11 is 0. The molecule has 1 heterocycles. The van der Waals surface area contributed by atoms with Gasteiger partial charge < -0.3 is 14.8 Å². The van der Waals surface area contributed by atoms with Crippen molar-refractivity contribution in [2.75, 3.05) is 18.5 Å². The molecule has 0 aromatic heterocycles. The Morgan fingerprint density at radius 2 is 2.08 bits per heavy atom. The Bertz CT molecular complexity index is 754. The molecule has 7 heteroatoms. The third kappa shape index (κ3) is 4.54. The number of nitrogens with one attached hydrogen (secondary N) is 1. The van der Waals surface area contributed by atoms with E-state index < -0.39 is 4.92 Å². The van der Waals surface area contributed by atoms with Crippen molar-refractivity contribution in [1.82, 2.24) is 0 Å². The second kappa shape index (κ2) is 7.76. The SMILES string of the molecule is O=C(Nc1cccc([N+](=O)[O-])c1)c1ccc(OC[C@@H]2CCCO2)cc1. The quantitative estimate of drug-likeness (QED) is 0.642. The first-order valence-electron chi connectivity index (χ1n) is 8.02. The topological polar surface area (TPSA) is 90.7 Å². The molecule has 1 atom stereocenters. The number of nitro groups is 1. The van der Waals surface area contributed by atoms with Gasteiger partial charge in [-0.15, -0.1) is 0 Å². The van der Waals surface area contributed by atoms with E-state index in [0.717, 1.165) is 19.4 Å². The second-order valence-electron chi connectivity index (χ2n) is 5.73. The molecule has 1 saturated heterocycles. The largest absolute Gasteiger partial charge is 0.491 e. The van der Waals surface area contributed by atoms with Crippen LogP contribution >= 0.6 is 0 Å². The zero-order chi connectivity index (χ0) is 17.6. The van der Waals surface area contributed by atoms with Crippen molar-refractivity contribution >= 4 is 17.3 Å². The Kier molecular flexibility index (Phi) is 5.25. The van der Waals surface area contributed by atoms with Gasteiger partial charge in [-0.25, -0.2) is 0 Å². The van der Waals surface area contributed by atoms with Crippen molar-refractivity contribution in [3.05, 3.63) is 64.2 Å². The molecule has 0 unspecified atom stereocenters. The van der Waals surface area contributed by atoms with E-state index in [9.17, 15) is 14.9 Å². The average Bonchev–Trinajstić information content (AvgIpc) is 3.14. The van der Waals surface area contributed by atoms with Gasteiger partial charge in [-0.05, 0) is 43.2 Å². The van der Waals surface area contributed by atoms with Gasteiger partial charge in [0.05, 0.1) is 11.0 Å². The van der Waals surface area contributed by atoms with E-state index in [1.54, 1.807) is 30.3 Å². The number of nitro benzene ring substituents is 1. The first-order valence-corrected chi connectivity index (χ1v) is 8.02. The molecule has 2 aromatic rings. The summed E-state index contributed by atoms with van der Waals surface area (Å²) in [5.74, 6) is 0.327. The number of anilines is 1. The Hall–Kier alpha value is -2.93. The molecule has 1 aliphatic rings. The Labute approximate surface area is 144 Å². The number of non-ortho nitro benzene ring substituents is 1. The van der Waals surface area contributed by atoms with Gasteiger partial charge in [-0.3, -0.25) is 14.9 Å². The maximum absolute atomic E-state index is 12.2. The van der Waals surface area contributed by atoms with Crippen LogP contribution in [-0.4, -0.2) is 30.1 Å². The van der Waals surface area contributed by atoms with Crippen LogP contribution in [0.25, 0.3) is 0 Å². The van der Waals surface area contributed by atoms with Crippen LogP contribution in [0.1, 0.15) is 23.2 Å². The van der Waals surface area contributed by atoms with E-state index in [4.69, 9.17) is 9.47 Å². The number of benzene rings is 2. The van der Waals surface area contributed by atoms with E-state index >= 15 is 0 Å². The van der Waals surface area contributed by atoms with Crippen LogP contribution in [0.2, 0.25) is 0 Å². The zero-order valence-corrected chi connectivity index (χ0v) is 13.5. The molecule has 0 bridgehead atoms. The van der Waals surface area contributed by atoms with Gasteiger partial charge in [0.15, 0.2) is 0 Å². The van der Waals surface area contributed by atoms with Crippen molar-refractivity contribution in [3.63, 3.8) is 0 Å². The molecule has 0 saturated carbocycles. The van der Waals surface area contributed by atoms with Crippen molar-refractivity contribution in [1.29, 1.82) is 0 Å². The lowest BCUT2D eigenvalue weighted by Gasteiger charge is -2.11. The molecular formula is C18H18N2O5. The summed E-state index contributed by atoms with van der Waals surface area (Å²) in [6.07, 6.45) is 2.20. The van der Waals surface area contributed by atoms with Gasteiger partial charge in [0, 0.05) is 30.0 Å². The Morgan fingerprint density at radius 1 is 1.28 bits per heavy atom. The maximum atomic E-state index is 12.2. The molecule has 1 amide bonds. The lowest BCUT2D eigenvalue weighted by Crippen LogP contribution is -2.16. The van der Waals surface area contributed by atoms with Crippen LogP contribution in [0.5, 0.6) is 5.75 Å². The fourth-order valence-corrected chi connectivity index (χ4v) is 2.57. The number of ether oxygens (including phenoxy) is 2. The number of rotatable bonds is 6. The van der Waals surface area contributed by atoms with Gasteiger partial charge in [-0.2, -0.15) is 0 Å². The molecule has 0 aliphatic carbocycles. The van der Waals surface area contributed by atoms with Crippen LogP contribution in [0.15, 0.2) is 48.5 Å². The number of carbonyl (C=O) groups is 1. The zero-order valence-electron chi connectivity index (χ0n) is 13.5. The van der Waals surface area contributed by atoms with Crippen molar-refractivity contribution in [2.45, 2.75) is 18.9 Å². The molecule has 2 aromatic carbocycles. The molecule has 25 heavy (non-hydrogen) atoms. The number of hydrogen-bond acceptors (Lipinski definition) is 5. The third-order valence-electron chi connectivity index (χ3n) is 3.89. The second-order valence-corrected chi connectivity index (χ2v) is 5.73. The molecule has 7 nitrogen and oxygen atoms in total. The van der Waals surface area contributed by atoms with Gasteiger partial charge >= 0.3 is 0 Å². The minimum Gasteiger partial charge on any atom is -0.491 e. The summed E-state index contributed by atoms with van der Waals surface area (Å²) in [4.78, 5) is 22.5. The fraction of sp³-hybridized carbons (Fsp3) is 0.278. The highest BCUT2D eigenvalue weighted by Crippen LogP contribution is 2.19. The van der Waals surface area contributed by atoms with Gasteiger partial charge in [0.25, 0.3) is 11.6 Å². The molecule has 1 fully saturated rings. The van der Waals surface area contributed by atoms with Crippen LogP contribution < -0.4 is 10.1 Å². The van der Waals surface area contributed by atoms with E-state index in [2.05, 4.69) is 5.32 Å². The molecule has 1 N–H and O–H groups in total. The van der Waals surface area contributed by atoms with E-state index in [1.165, 1.54) is 18.2 Å². The number of hydrogen-bond donors (Lipinski definition) is 1. The number of nitrogens with zero attached hydrogens (tertiary/aromatic N) is 1. The molecule has 3 rings (SSSR count). The molecular weight excluding hydrogens is 324 g/mol. The smallest absolute Gasteiger partial charge is 0.271 e. The number of carbonyl (C=O) groups excluding carboxylic acids is 1. The van der Waals surface area contributed by atoms with Gasteiger partial charge in [-0.1, -0.05) is 6.07 Å². The predicted molar refractivity (Wildman–Crippen MR) is 92.0 cm³/mol. The summed E-state index contributed by atoms with van der Waals surface area (Å²) in [6, 6.07) is 12.6. The third-order valence-corrected chi connectivity index (χ3v) is 3.89. The van der Waals surface area contributed by atoms with Crippen LogP contribution in [0.4, 0.5) is 11.4 Å². The summed E-state index contributed by atoms with van der Waals surface area (Å²) in [5, 5.41) is 13.4. The average molecular weight is 342 g/mol. The van der Waals surface area contributed by atoms with Crippen LogP contribution in [0, 0.1) is 10.1 Å². The minimum absolute atomic E-state index is 0.0734. The van der Waals surface area contributed by atoms with E-state index in [1.807, 2.05) is 0 Å². The summed E-state index contributed by atoms with van der Waals surface area (Å²) in [5.41, 5.74) is 0.740. The van der Waals surface area contributed by atoms with Crippen LogP contribution in [0.3, 0.4) is 0 Å². The normalized spacial score (nSPS) is 16.4. The highest BCUT2D eigenvalue weighted by molar-refractivity contribution is 6.04. The lowest BCUT2D eigenvalue weighted by atomic mass is 10.2. The monoisotopic (exact) mass is 342 g/mol. The van der Waals surface area contributed by atoms with Gasteiger partial charge in [0.1, 0.15) is 12.4 Å². The summed E-state index contributed by atoms with van der Waals surface area (Å²) in [7, 11) is 0. The van der Waals surface area contributed by atoms with Crippen molar-refractivity contribution in [3.8, 4) is 5.75 Å². The minimum atomic E-state index is -0.504. The molecule has 0 radical (unpaired) electrons. The predicted octanol–water partition coefficient (Wildman–Crippen LogP) is 3.40. The number of amides is 1. The Morgan fingerprint density at radius 3 is 2.76 bits per heavy atom. The van der Waals surface area contributed by atoms with E-state index in [0.29, 0.717) is 23.6 Å². The molecule has 1 aliphatic heterocycles. The van der Waals surface area contributed by atoms with Crippen LogP contribution in [-0.2, 0) is 4.74 Å². The standard InChI is InChI=1S/C18H18N2O5/c21-18(19-14-3-1-4-15(11-14)20(22)23)13-6-8-16(9-7-13)25-12-17-5-2-10-24-17/h1,3-4,6-9,11,17H,2,5,10,12H2,(H,19,21)/t17-/m0/s1. The van der Waals surface area contributed by atoms with Crippen molar-refractivity contribution < 1.29 is 19.2 Å². The highest BCUT2D eigenvalue weighted by atomic mass is 16.6.